The Hall–Kier alpha value is 0.649. The monoisotopic (exact) mass is 351 g/mol. The number of hydrogen-bond donors (Lipinski definition) is 0. The fourth-order valence-electron chi connectivity index (χ4n) is 2.14. The van der Waals surface area contributed by atoms with Crippen molar-refractivity contribution in [3.05, 3.63) is 0 Å². The van der Waals surface area contributed by atoms with E-state index in [0.29, 0.717) is 0 Å². The fourth-order valence-corrected chi connectivity index (χ4v) is 14.3. The Balaban J connectivity index is 0. The molecule has 0 N–H and O–H groups in total. The van der Waals surface area contributed by atoms with Gasteiger partial charge in [-0.3, -0.25) is 0 Å². The summed E-state index contributed by atoms with van der Waals surface area (Å²) in [6.07, 6.45) is 14.0. The minimum Gasteiger partial charge on any atom is -1.00 e. The average Bonchev–Trinajstić information content (AvgIpc) is 2.29. The second kappa shape index (κ2) is 12.1. The third-order valence-corrected chi connectivity index (χ3v) is 16.3. The SMILES string of the molecule is C#[C][Sn]([CH2]CCC)([CH2]CCC)[CH2]CCC.[Cl-]. The smallest absolute Gasteiger partial charge is 1.00 e. The molecule has 0 amide bonds. The normalized spacial score (nSPS) is 10.6. The van der Waals surface area contributed by atoms with Gasteiger partial charge in [0, 0.05) is 0 Å². The Bertz CT molecular complexity index is 162. The molecule has 2 heteroatoms. The van der Waals surface area contributed by atoms with Crippen LogP contribution in [0.4, 0.5) is 0 Å². The summed E-state index contributed by atoms with van der Waals surface area (Å²) >= 11 is -2.09. The average molecular weight is 351 g/mol. The van der Waals surface area contributed by atoms with E-state index >= 15 is 0 Å². The van der Waals surface area contributed by atoms with Crippen LogP contribution in [-0.2, 0) is 0 Å². The van der Waals surface area contributed by atoms with Gasteiger partial charge in [-0.05, 0) is 0 Å². The van der Waals surface area contributed by atoms with Gasteiger partial charge in [0.2, 0.25) is 0 Å². The Morgan fingerprint density at radius 1 is 0.812 bits per heavy atom. The molecule has 0 aromatic heterocycles. The van der Waals surface area contributed by atoms with Gasteiger partial charge in [0.1, 0.15) is 0 Å². The van der Waals surface area contributed by atoms with Crippen molar-refractivity contribution in [2.45, 2.75) is 72.6 Å². The maximum absolute atomic E-state index is 5.87. The van der Waals surface area contributed by atoms with Crippen LogP contribution in [0.2, 0.25) is 13.3 Å². The van der Waals surface area contributed by atoms with E-state index in [1.807, 2.05) is 0 Å². The third kappa shape index (κ3) is 7.85. The molecule has 0 bridgehead atoms. The predicted molar refractivity (Wildman–Crippen MR) is 73.7 cm³/mol. The van der Waals surface area contributed by atoms with Crippen molar-refractivity contribution < 1.29 is 12.4 Å². The molecule has 0 aromatic carbocycles. The standard InChI is InChI=1S/3C4H9.C2H.ClH.Sn/c3*1-3-4-2;1-2;;/h3*1,3-4H2,2H3;1H;1H;/p-1. The first-order valence-electron chi connectivity index (χ1n) is 6.72. The minimum atomic E-state index is -2.09. The quantitative estimate of drug-likeness (QED) is 0.441. The summed E-state index contributed by atoms with van der Waals surface area (Å²) in [7, 11) is 0. The van der Waals surface area contributed by atoms with Crippen LogP contribution in [0.1, 0.15) is 59.3 Å². The molecule has 0 aliphatic carbocycles. The Morgan fingerprint density at radius 2 is 1.12 bits per heavy atom. The molecule has 0 rings (SSSR count). The maximum Gasteiger partial charge on any atom is -1.00 e. The predicted octanol–water partition coefficient (Wildman–Crippen LogP) is 2.01. The van der Waals surface area contributed by atoms with Crippen LogP contribution >= 0.6 is 0 Å². The van der Waals surface area contributed by atoms with Gasteiger partial charge in [-0.2, -0.15) is 0 Å². The molecule has 0 saturated carbocycles. The van der Waals surface area contributed by atoms with Crippen LogP contribution in [0.3, 0.4) is 0 Å². The number of halogens is 1. The van der Waals surface area contributed by atoms with E-state index in [2.05, 4.69) is 24.7 Å². The van der Waals surface area contributed by atoms with E-state index in [9.17, 15) is 0 Å². The van der Waals surface area contributed by atoms with Crippen molar-refractivity contribution in [2.75, 3.05) is 0 Å². The first-order chi connectivity index (χ1) is 7.24. The van der Waals surface area contributed by atoms with E-state index in [1.165, 1.54) is 51.8 Å². The molecule has 0 aliphatic rings. The van der Waals surface area contributed by atoms with E-state index in [-0.39, 0.29) is 12.4 Å². The van der Waals surface area contributed by atoms with E-state index in [4.69, 9.17) is 6.42 Å². The summed E-state index contributed by atoms with van der Waals surface area (Å²) in [5, 5.41) is 0. The Morgan fingerprint density at radius 3 is 1.31 bits per heavy atom. The van der Waals surface area contributed by atoms with Gasteiger partial charge in [0.25, 0.3) is 0 Å². The molecule has 0 unspecified atom stereocenters. The molecular weight excluding hydrogens is 322 g/mol. The van der Waals surface area contributed by atoms with Gasteiger partial charge in [0.05, 0.1) is 0 Å². The molecular formula is C14H28ClSn-. The molecule has 0 aromatic rings. The van der Waals surface area contributed by atoms with Crippen LogP contribution in [0, 0.1) is 10.4 Å². The zero-order valence-corrected chi connectivity index (χ0v) is 14.9. The molecule has 0 heterocycles. The van der Waals surface area contributed by atoms with Crippen LogP contribution in [0.5, 0.6) is 0 Å². The summed E-state index contributed by atoms with van der Waals surface area (Å²) in [6, 6.07) is 0. The van der Waals surface area contributed by atoms with Crippen molar-refractivity contribution in [1.29, 1.82) is 0 Å². The molecule has 0 aliphatic heterocycles. The van der Waals surface area contributed by atoms with Crippen molar-refractivity contribution in [3.8, 4) is 10.4 Å². The van der Waals surface area contributed by atoms with Crippen LogP contribution in [0.15, 0.2) is 0 Å². The number of unbranched alkanes of at least 4 members (excludes halogenated alkanes) is 3. The molecule has 16 heavy (non-hydrogen) atoms. The summed E-state index contributed by atoms with van der Waals surface area (Å²) in [5.41, 5.74) is 0. The minimum absolute atomic E-state index is 0. The topological polar surface area (TPSA) is 0 Å². The number of hydrogen-bond acceptors (Lipinski definition) is 0. The molecule has 0 fully saturated rings. The fraction of sp³-hybridized carbons (Fsp3) is 0.857. The Kier molecular flexibility index (Phi) is 14.4. The third-order valence-electron chi connectivity index (χ3n) is 3.33. The zero-order valence-electron chi connectivity index (χ0n) is 11.3. The van der Waals surface area contributed by atoms with Gasteiger partial charge in [0.15, 0.2) is 0 Å². The molecule has 96 valence electrons. The van der Waals surface area contributed by atoms with Crippen LogP contribution < -0.4 is 12.4 Å². The zero-order chi connectivity index (χ0) is 11.6. The number of terminal acetylenes is 1. The van der Waals surface area contributed by atoms with Crippen molar-refractivity contribution in [3.63, 3.8) is 0 Å². The molecule has 0 nitrogen and oxygen atoms in total. The van der Waals surface area contributed by atoms with Gasteiger partial charge in [-0.25, -0.2) is 0 Å². The van der Waals surface area contributed by atoms with E-state index in [0.717, 1.165) is 0 Å². The van der Waals surface area contributed by atoms with Crippen LogP contribution in [-0.4, -0.2) is 18.4 Å². The molecule has 0 atom stereocenters. The maximum atomic E-state index is 5.87. The van der Waals surface area contributed by atoms with Crippen molar-refractivity contribution in [2.24, 2.45) is 0 Å². The first-order valence-corrected chi connectivity index (χ1v) is 14.2. The van der Waals surface area contributed by atoms with Gasteiger partial charge < -0.3 is 12.4 Å². The summed E-state index contributed by atoms with van der Waals surface area (Å²) in [4.78, 5) is 0. The number of rotatable bonds is 9. The van der Waals surface area contributed by atoms with E-state index in [1.54, 1.807) is 0 Å². The van der Waals surface area contributed by atoms with E-state index < -0.39 is 18.4 Å². The first kappa shape index (κ1) is 19.0. The van der Waals surface area contributed by atoms with Gasteiger partial charge in [-0.15, -0.1) is 0 Å². The van der Waals surface area contributed by atoms with Crippen molar-refractivity contribution >= 4 is 18.4 Å². The summed E-state index contributed by atoms with van der Waals surface area (Å²) in [6.45, 7) is 6.85. The van der Waals surface area contributed by atoms with Gasteiger partial charge >= 0.3 is 101 Å². The van der Waals surface area contributed by atoms with Gasteiger partial charge in [-0.1, -0.05) is 0 Å². The molecule has 0 radical (unpaired) electrons. The molecule has 0 spiro atoms. The second-order valence-corrected chi connectivity index (χ2v) is 17.1. The summed E-state index contributed by atoms with van der Waals surface area (Å²) < 4.78 is 7.67. The second-order valence-electron chi connectivity index (χ2n) is 4.74. The molecule has 0 saturated heterocycles. The van der Waals surface area contributed by atoms with Crippen LogP contribution in [0.25, 0.3) is 0 Å². The van der Waals surface area contributed by atoms with Crippen molar-refractivity contribution in [1.82, 2.24) is 0 Å². The summed E-state index contributed by atoms with van der Waals surface area (Å²) in [5.74, 6) is 0. The Labute approximate surface area is 113 Å². The largest absolute Gasteiger partial charge is 1.00 e.